The molecule has 0 aromatic heterocycles. The Morgan fingerprint density at radius 1 is 1.14 bits per heavy atom. The summed E-state index contributed by atoms with van der Waals surface area (Å²) in [4.78, 5) is 12.3. The van der Waals surface area contributed by atoms with Crippen LogP contribution in [0.25, 0.3) is 0 Å². The minimum atomic E-state index is -0.182. The SMILES string of the molecule is COc1ccc(C(=O)Nc2cc(C)c3c(c2)OCCO3)cc1. The molecule has 1 aliphatic rings. The number of benzene rings is 2. The van der Waals surface area contributed by atoms with Crippen LogP contribution < -0.4 is 19.5 Å². The number of amides is 1. The molecule has 0 radical (unpaired) electrons. The second kappa shape index (κ2) is 5.97. The maximum Gasteiger partial charge on any atom is 0.255 e. The first-order valence-electron chi connectivity index (χ1n) is 7.03. The second-order valence-corrected chi connectivity index (χ2v) is 5.00. The van der Waals surface area contributed by atoms with Crippen molar-refractivity contribution in [1.82, 2.24) is 0 Å². The number of carbonyl (C=O) groups is 1. The van der Waals surface area contributed by atoms with E-state index in [1.807, 2.05) is 13.0 Å². The minimum Gasteiger partial charge on any atom is -0.497 e. The van der Waals surface area contributed by atoms with Gasteiger partial charge in [-0.1, -0.05) is 0 Å². The third-order valence-electron chi connectivity index (χ3n) is 3.44. The summed E-state index contributed by atoms with van der Waals surface area (Å²) >= 11 is 0. The van der Waals surface area contributed by atoms with Gasteiger partial charge in [0.2, 0.25) is 0 Å². The maximum atomic E-state index is 12.3. The maximum absolute atomic E-state index is 12.3. The molecule has 0 unspecified atom stereocenters. The molecule has 0 bridgehead atoms. The van der Waals surface area contributed by atoms with Gasteiger partial charge in [-0.15, -0.1) is 0 Å². The van der Waals surface area contributed by atoms with Crippen LogP contribution >= 0.6 is 0 Å². The summed E-state index contributed by atoms with van der Waals surface area (Å²) < 4.78 is 16.2. The van der Waals surface area contributed by atoms with Gasteiger partial charge in [0.05, 0.1) is 7.11 Å². The highest BCUT2D eigenvalue weighted by Gasteiger charge is 2.16. The summed E-state index contributed by atoms with van der Waals surface area (Å²) in [7, 11) is 1.59. The molecule has 5 nitrogen and oxygen atoms in total. The summed E-state index contributed by atoms with van der Waals surface area (Å²) in [6.07, 6.45) is 0. The van der Waals surface area contributed by atoms with Crippen LogP contribution in [0.3, 0.4) is 0 Å². The van der Waals surface area contributed by atoms with Crippen molar-refractivity contribution in [3.8, 4) is 17.2 Å². The zero-order valence-electron chi connectivity index (χ0n) is 12.5. The highest BCUT2D eigenvalue weighted by Crippen LogP contribution is 2.36. The van der Waals surface area contributed by atoms with E-state index in [4.69, 9.17) is 14.2 Å². The van der Waals surface area contributed by atoms with E-state index in [1.54, 1.807) is 37.4 Å². The van der Waals surface area contributed by atoms with Gasteiger partial charge in [-0.25, -0.2) is 0 Å². The molecule has 2 aromatic carbocycles. The highest BCUT2D eigenvalue weighted by atomic mass is 16.6. The summed E-state index contributed by atoms with van der Waals surface area (Å²) in [5.41, 5.74) is 2.18. The molecule has 0 fully saturated rings. The van der Waals surface area contributed by atoms with E-state index < -0.39 is 0 Å². The first-order valence-corrected chi connectivity index (χ1v) is 7.03. The molecule has 0 saturated carbocycles. The standard InChI is InChI=1S/C17H17NO4/c1-11-9-13(10-15-16(11)22-8-7-21-15)18-17(19)12-3-5-14(20-2)6-4-12/h3-6,9-10H,7-8H2,1-2H3,(H,18,19). The molecule has 0 saturated heterocycles. The fourth-order valence-corrected chi connectivity index (χ4v) is 2.35. The van der Waals surface area contributed by atoms with E-state index in [0.717, 1.165) is 11.3 Å². The third-order valence-corrected chi connectivity index (χ3v) is 3.44. The summed E-state index contributed by atoms with van der Waals surface area (Å²) in [5, 5.41) is 2.87. The lowest BCUT2D eigenvalue weighted by molar-refractivity contribution is 0.102. The first-order chi connectivity index (χ1) is 10.7. The van der Waals surface area contributed by atoms with Crippen molar-refractivity contribution in [1.29, 1.82) is 0 Å². The van der Waals surface area contributed by atoms with Crippen molar-refractivity contribution in [3.63, 3.8) is 0 Å². The second-order valence-electron chi connectivity index (χ2n) is 5.00. The molecule has 1 N–H and O–H groups in total. The molecular formula is C17H17NO4. The largest absolute Gasteiger partial charge is 0.497 e. The Labute approximate surface area is 128 Å². The molecule has 22 heavy (non-hydrogen) atoms. The molecule has 5 heteroatoms. The van der Waals surface area contributed by atoms with Gasteiger partial charge in [-0.2, -0.15) is 0 Å². The quantitative estimate of drug-likeness (QED) is 0.946. The van der Waals surface area contributed by atoms with E-state index in [2.05, 4.69) is 5.32 Å². The Morgan fingerprint density at radius 2 is 1.86 bits per heavy atom. The van der Waals surface area contributed by atoms with Gasteiger partial charge in [0.15, 0.2) is 11.5 Å². The fourth-order valence-electron chi connectivity index (χ4n) is 2.35. The number of carbonyl (C=O) groups excluding carboxylic acids is 1. The number of methoxy groups -OCH3 is 1. The van der Waals surface area contributed by atoms with Crippen molar-refractivity contribution in [2.24, 2.45) is 0 Å². The normalized spacial score (nSPS) is 12.6. The molecule has 114 valence electrons. The number of hydrogen-bond acceptors (Lipinski definition) is 4. The number of fused-ring (bicyclic) bond motifs is 1. The van der Waals surface area contributed by atoms with Gasteiger partial charge < -0.3 is 19.5 Å². The highest BCUT2D eigenvalue weighted by molar-refractivity contribution is 6.04. The summed E-state index contributed by atoms with van der Waals surface area (Å²) in [5.74, 6) is 1.94. The van der Waals surface area contributed by atoms with Crippen LogP contribution in [0, 0.1) is 6.92 Å². The van der Waals surface area contributed by atoms with Crippen LogP contribution in [0.4, 0.5) is 5.69 Å². The van der Waals surface area contributed by atoms with Crippen LogP contribution in [0.5, 0.6) is 17.2 Å². The van der Waals surface area contributed by atoms with Crippen LogP contribution in [-0.2, 0) is 0 Å². The summed E-state index contributed by atoms with van der Waals surface area (Å²) in [6, 6.07) is 10.6. The van der Waals surface area contributed by atoms with Crippen molar-refractivity contribution < 1.29 is 19.0 Å². The number of rotatable bonds is 3. The molecule has 3 rings (SSSR count). The van der Waals surface area contributed by atoms with E-state index >= 15 is 0 Å². The van der Waals surface area contributed by atoms with Gasteiger partial charge in [0.1, 0.15) is 19.0 Å². The van der Waals surface area contributed by atoms with Crippen molar-refractivity contribution >= 4 is 11.6 Å². The third kappa shape index (κ3) is 2.83. The zero-order valence-corrected chi connectivity index (χ0v) is 12.5. The van der Waals surface area contributed by atoms with Gasteiger partial charge in [0, 0.05) is 17.3 Å². The van der Waals surface area contributed by atoms with Crippen molar-refractivity contribution in [2.45, 2.75) is 6.92 Å². The predicted molar refractivity (Wildman–Crippen MR) is 83.1 cm³/mol. The van der Waals surface area contributed by atoms with Crippen molar-refractivity contribution in [3.05, 3.63) is 47.5 Å². The average Bonchev–Trinajstić information content (AvgIpc) is 2.55. The van der Waals surface area contributed by atoms with E-state index in [9.17, 15) is 4.79 Å². The Balaban J connectivity index is 1.80. The van der Waals surface area contributed by atoms with Gasteiger partial charge in [0.25, 0.3) is 5.91 Å². The smallest absolute Gasteiger partial charge is 0.255 e. The number of hydrogen-bond donors (Lipinski definition) is 1. The van der Waals surface area contributed by atoms with Crippen LogP contribution in [0.1, 0.15) is 15.9 Å². The van der Waals surface area contributed by atoms with E-state index in [-0.39, 0.29) is 5.91 Å². The number of nitrogens with one attached hydrogen (secondary N) is 1. The minimum absolute atomic E-state index is 0.182. The van der Waals surface area contributed by atoms with E-state index in [1.165, 1.54) is 0 Å². The predicted octanol–water partition coefficient (Wildman–Crippen LogP) is 3.03. The molecule has 1 heterocycles. The molecule has 0 atom stereocenters. The Kier molecular flexibility index (Phi) is 3.87. The first kappa shape index (κ1) is 14.3. The molecule has 0 spiro atoms. The van der Waals surface area contributed by atoms with Crippen molar-refractivity contribution in [2.75, 3.05) is 25.6 Å². The molecular weight excluding hydrogens is 282 g/mol. The van der Waals surface area contributed by atoms with Gasteiger partial charge >= 0.3 is 0 Å². The zero-order chi connectivity index (χ0) is 15.5. The number of aryl methyl sites for hydroxylation is 1. The van der Waals surface area contributed by atoms with Crippen LogP contribution in [0.15, 0.2) is 36.4 Å². The lowest BCUT2D eigenvalue weighted by atomic mass is 10.1. The fraction of sp³-hybridized carbons (Fsp3) is 0.235. The Bertz CT molecular complexity index is 695. The lowest BCUT2D eigenvalue weighted by Gasteiger charge is -2.21. The van der Waals surface area contributed by atoms with E-state index in [0.29, 0.717) is 36.0 Å². The molecule has 2 aromatic rings. The lowest BCUT2D eigenvalue weighted by Crippen LogP contribution is -2.17. The van der Waals surface area contributed by atoms with Crippen LogP contribution in [-0.4, -0.2) is 26.2 Å². The van der Waals surface area contributed by atoms with Gasteiger partial charge in [-0.05, 0) is 42.8 Å². The molecule has 0 aliphatic carbocycles. The molecule has 1 amide bonds. The monoisotopic (exact) mass is 299 g/mol. The number of ether oxygens (including phenoxy) is 3. The number of anilines is 1. The molecule has 1 aliphatic heterocycles. The van der Waals surface area contributed by atoms with Crippen LogP contribution in [0.2, 0.25) is 0 Å². The summed E-state index contributed by atoms with van der Waals surface area (Å²) in [6.45, 7) is 2.99. The average molecular weight is 299 g/mol. The Hall–Kier alpha value is -2.69. The topological polar surface area (TPSA) is 56.8 Å². The van der Waals surface area contributed by atoms with Gasteiger partial charge in [-0.3, -0.25) is 4.79 Å². The Morgan fingerprint density at radius 3 is 2.59 bits per heavy atom.